The second-order valence-corrected chi connectivity index (χ2v) is 10.7. The number of thioether (sulfide) groups is 1. The first kappa shape index (κ1) is 25.6. The summed E-state index contributed by atoms with van der Waals surface area (Å²) in [5.41, 5.74) is 6.88. The van der Waals surface area contributed by atoms with Gasteiger partial charge < -0.3 is 10.2 Å². The van der Waals surface area contributed by atoms with Crippen LogP contribution in [0.2, 0.25) is 0 Å². The average molecular weight is 519 g/mol. The summed E-state index contributed by atoms with van der Waals surface area (Å²) in [6.07, 6.45) is 2.70. The average Bonchev–Trinajstić information content (AvgIpc) is 2.92. The molecule has 0 unspecified atom stereocenters. The summed E-state index contributed by atoms with van der Waals surface area (Å²) in [6.45, 7) is 5.08. The summed E-state index contributed by atoms with van der Waals surface area (Å²) < 4.78 is 0. The van der Waals surface area contributed by atoms with Gasteiger partial charge in [0.2, 0.25) is 0 Å². The zero-order chi connectivity index (χ0) is 26.5. The van der Waals surface area contributed by atoms with Gasteiger partial charge in [0.15, 0.2) is 0 Å². The summed E-state index contributed by atoms with van der Waals surface area (Å²) >= 11 is 1.45. The molecule has 0 saturated heterocycles. The zero-order valence-corrected chi connectivity index (χ0v) is 22.4. The predicted molar refractivity (Wildman–Crippen MR) is 156 cm³/mol. The number of fused-ring (bicyclic) bond motifs is 1. The lowest BCUT2D eigenvalue weighted by Gasteiger charge is -2.31. The van der Waals surface area contributed by atoms with Crippen LogP contribution >= 0.6 is 11.8 Å². The van der Waals surface area contributed by atoms with Gasteiger partial charge in [0.1, 0.15) is 0 Å². The third-order valence-electron chi connectivity index (χ3n) is 6.53. The Bertz CT molecular complexity index is 1490. The van der Waals surface area contributed by atoms with Crippen LogP contribution in [0.4, 0.5) is 5.69 Å². The Kier molecular flexibility index (Phi) is 7.75. The van der Waals surface area contributed by atoms with Crippen molar-refractivity contribution in [3.63, 3.8) is 0 Å². The summed E-state index contributed by atoms with van der Waals surface area (Å²) in [5.74, 6) is -0.205. The Labute approximate surface area is 228 Å². The van der Waals surface area contributed by atoms with Crippen molar-refractivity contribution in [2.45, 2.75) is 31.7 Å². The molecule has 2 amide bonds. The van der Waals surface area contributed by atoms with Crippen LogP contribution in [0.25, 0.3) is 6.08 Å². The molecular formula is C33H30N2O2S. The van der Waals surface area contributed by atoms with E-state index in [4.69, 9.17) is 0 Å². The fraction of sp³-hybridized carbons (Fsp3) is 0.152. The largest absolute Gasteiger partial charge is 0.352 e. The zero-order valence-electron chi connectivity index (χ0n) is 21.6. The fourth-order valence-corrected chi connectivity index (χ4v) is 5.52. The molecule has 0 aliphatic carbocycles. The van der Waals surface area contributed by atoms with E-state index in [1.165, 1.54) is 22.9 Å². The van der Waals surface area contributed by atoms with Crippen LogP contribution in [-0.4, -0.2) is 18.4 Å². The normalized spacial score (nSPS) is 13.9. The van der Waals surface area contributed by atoms with E-state index in [2.05, 4.69) is 42.6 Å². The Morgan fingerprint density at radius 1 is 0.842 bits per heavy atom. The molecule has 1 heterocycles. The minimum Gasteiger partial charge on any atom is -0.352 e. The molecule has 0 bridgehead atoms. The number of aryl methyl sites for hydroxylation is 2. The number of rotatable bonds is 7. The Hall–Kier alpha value is -4.09. The van der Waals surface area contributed by atoms with Crippen LogP contribution in [0.5, 0.6) is 0 Å². The summed E-state index contributed by atoms with van der Waals surface area (Å²) in [7, 11) is 0. The molecule has 0 aromatic heterocycles. The second kappa shape index (κ2) is 11.5. The van der Waals surface area contributed by atoms with Crippen molar-refractivity contribution < 1.29 is 9.59 Å². The molecule has 4 aromatic carbocycles. The highest BCUT2D eigenvalue weighted by molar-refractivity contribution is 8.04. The Morgan fingerprint density at radius 3 is 2.39 bits per heavy atom. The van der Waals surface area contributed by atoms with Gasteiger partial charge in [0, 0.05) is 17.0 Å². The standard InChI is InChI=1S/C33H30N2O2S/c1-23-11-13-25(14-12-23)17-18-34-32(36)28-15-16-30-29(21-28)35(22-27-10-6-7-24(2)19-27)33(37)31(38-30)20-26-8-4-3-5-9-26/h3-16,19-21H,17-18,22H2,1-2H3,(H,34,36)/b31-20-. The molecule has 5 rings (SSSR count). The van der Waals surface area contributed by atoms with E-state index in [-0.39, 0.29) is 11.8 Å². The molecule has 190 valence electrons. The number of carbonyl (C=O) groups excluding carboxylic acids is 2. The third-order valence-corrected chi connectivity index (χ3v) is 7.61. The molecule has 0 radical (unpaired) electrons. The summed E-state index contributed by atoms with van der Waals surface area (Å²) in [5, 5.41) is 3.03. The van der Waals surface area contributed by atoms with Crippen LogP contribution in [0.15, 0.2) is 107 Å². The van der Waals surface area contributed by atoms with Gasteiger partial charge >= 0.3 is 0 Å². The number of hydrogen-bond donors (Lipinski definition) is 1. The van der Waals surface area contributed by atoms with E-state index >= 15 is 0 Å². The van der Waals surface area contributed by atoms with E-state index in [0.717, 1.165) is 33.7 Å². The van der Waals surface area contributed by atoms with E-state index in [9.17, 15) is 9.59 Å². The molecule has 0 saturated carbocycles. The number of carbonyl (C=O) groups is 2. The predicted octanol–water partition coefficient (Wildman–Crippen LogP) is 6.96. The molecule has 38 heavy (non-hydrogen) atoms. The van der Waals surface area contributed by atoms with Crippen LogP contribution in [0.3, 0.4) is 0 Å². The SMILES string of the molecule is Cc1ccc(CCNC(=O)c2ccc3c(c2)N(Cc2cccc(C)c2)C(=O)/C(=C/c2ccccc2)S3)cc1. The van der Waals surface area contributed by atoms with Crippen molar-refractivity contribution in [2.75, 3.05) is 11.4 Å². The minimum absolute atomic E-state index is 0.0650. The number of anilines is 1. The van der Waals surface area contributed by atoms with Crippen molar-refractivity contribution in [1.29, 1.82) is 0 Å². The maximum absolute atomic E-state index is 13.8. The molecule has 1 aliphatic rings. The van der Waals surface area contributed by atoms with Crippen LogP contribution in [0.1, 0.15) is 38.2 Å². The molecular weight excluding hydrogens is 488 g/mol. The van der Waals surface area contributed by atoms with Crippen molar-refractivity contribution in [2.24, 2.45) is 0 Å². The molecule has 5 heteroatoms. The van der Waals surface area contributed by atoms with Gasteiger partial charge in [-0.2, -0.15) is 0 Å². The first-order chi connectivity index (χ1) is 18.5. The number of nitrogens with zero attached hydrogens (tertiary/aromatic N) is 1. The summed E-state index contributed by atoms with van der Waals surface area (Å²) in [6, 6.07) is 32.0. The smallest absolute Gasteiger partial charge is 0.265 e. The maximum atomic E-state index is 13.8. The molecule has 4 nitrogen and oxygen atoms in total. The topological polar surface area (TPSA) is 49.4 Å². The van der Waals surface area contributed by atoms with Crippen LogP contribution in [0, 0.1) is 13.8 Å². The molecule has 0 spiro atoms. The lowest BCUT2D eigenvalue weighted by Crippen LogP contribution is -2.34. The minimum atomic E-state index is -0.140. The van der Waals surface area contributed by atoms with Gasteiger partial charge in [0.25, 0.3) is 11.8 Å². The van der Waals surface area contributed by atoms with E-state index in [0.29, 0.717) is 23.6 Å². The lowest BCUT2D eigenvalue weighted by molar-refractivity contribution is -0.114. The van der Waals surface area contributed by atoms with Gasteiger partial charge in [0.05, 0.1) is 17.1 Å². The number of amides is 2. The third kappa shape index (κ3) is 6.06. The van der Waals surface area contributed by atoms with Crippen molar-refractivity contribution in [3.8, 4) is 0 Å². The van der Waals surface area contributed by atoms with Gasteiger partial charge in [-0.25, -0.2) is 0 Å². The molecule has 0 fully saturated rings. The molecule has 1 N–H and O–H groups in total. The first-order valence-corrected chi connectivity index (χ1v) is 13.6. The van der Waals surface area contributed by atoms with E-state index in [1.807, 2.05) is 79.7 Å². The lowest BCUT2D eigenvalue weighted by atomic mass is 10.1. The van der Waals surface area contributed by atoms with Crippen molar-refractivity contribution >= 4 is 35.3 Å². The quantitative estimate of drug-likeness (QED) is 0.269. The highest BCUT2D eigenvalue weighted by Crippen LogP contribution is 2.43. The molecule has 4 aromatic rings. The van der Waals surface area contributed by atoms with Crippen molar-refractivity contribution in [1.82, 2.24) is 5.32 Å². The number of hydrogen-bond acceptors (Lipinski definition) is 3. The van der Waals surface area contributed by atoms with Gasteiger partial charge in [-0.1, -0.05) is 102 Å². The fourth-order valence-electron chi connectivity index (χ4n) is 4.48. The van der Waals surface area contributed by atoms with E-state index < -0.39 is 0 Å². The highest BCUT2D eigenvalue weighted by Gasteiger charge is 2.30. The second-order valence-electron chi connectivity index (χ2n) is 9.58. The van der Waals surface area contributed by atoms with Gasteiger partial charge in [-0.3, -0.25) is 9.59 Å². The van der Waals surface area contributed by atoms with Crippen LogP contribution < -0.4 is 10.2 Å². The van der Waals surface area contributed by atoms with Gasteiger partial charge in [-0.05, 0) is 61.2 Å². The Morgan fingerprint density at radius 2 is 1.63 bits per heavy atom. The van der Waals surface area contributed by atoms with Crippen LogP contribution in [-0.2, 0) is 17.8 Å². The molecule has 0 atom stereocenters. The first-order valence-electron chi connectivity index (χ1n) is 12.8. The van der Waals surface area contributed by atoms with Crippen molar-refractivity contribution in [3.05, 3.63) is 135 Å². The van der Waals surface area contributed by atoms with Gasteiger partial charge in [-0.15, -0.1) is 0 Å². The monoisotopic (exact) mass is 518 g/mol. The maximum Gasteiger partial charge on any atom is 0.265 e. The number of nitrogens with one attached hydrogen (secondary N) is 1. The molecule has 1 aliphatic heterocycles. The summed E-state index contributed by atoms with van der Waals surface area (Å²) in [4.78, 5) is 30.2. The Balaban J connectivity index is 1.41. The van der Waals surface area contributed by atoms with E-state index in [1.54, 1.807) is 4.90 Å². The highest BCUT2D eigenvalue weighted by atomic mass is 32.2. The number of benzene rings is 4.